The fourth-order valence-corrected chi connectivity index (χ4v) is 1.02. The fraction of sp³-hybridized carbons (Fsp3) is 0.600. The molecule has 1 atom stereocenters. The number of hydrogen-bond acceptors (Lipinski definition) is 2. The van der Waals surface area contributed by atoms with Gasteiger partial charge in [-0.1, -0.05) is 18.9 Å². The molecule has 2 N–H and O–H groups in total. The van der Waals surface area contributed by atoms with Gasteiger partial charge in [0.25, 0.3) is 0 Å². The zero-order valence-electron chi connectivity index (χ0n) is 8.83. The first kappa shape index (κ1) is 12.7. The smallest absolute Gasteiger partial charge is 0.326 e. The Hall–Kier alpha value is -1.32. The Morgan fingerprint density at radius 2 is 2.00 bits per heavy atom. The van der Waals surface area contributed by atoms with Crippen molar-refractivity contribution in [1.82, 2.24) is 5.32 Å². The Balaban J connectivity index is 4.23. The summed E-state index contributed by atoms with van der Waals surface area (Å²) in [6.45, 7) is 5.45. The fourth-order valence-electron chi connectivity index (χ4n) is 1.02. The first-order valence-corrected chi connectivity index (χ1v) is 4.65. The Bertz CT molecular complexity index is 242. The lowest BCUT2D eigenvalue weighted by Crippen LogP contribution is -2.39. The summed E-state index contributed by atoms with van der Waals surface area (Å²) in [6.07, 6.45) is 2.58. The predicted molar refractivity (Wildman–Crippen MR) is 53.9 cm³/mol. The van der Waals surface area contributed by atoms with Gasteiger partial charge in [0, 0.05) is 6.08 Å². The molecule has 0 aliphatic heterocycles. The second-order valence-corrected chi connectivity index (χ2v) is 3.41. The molecule has 14 heavy (non-hydrogen) atoms. The normalized spacial score (nSPS) is 11.6. The second kappa shape index (κ2) is 6.18. The van der Waals surface area contributed by atoms with Crippen molar-refractivity contribution in [1.29, 1.82) is 0 Å². The van der Waals surface area contributed by atoms with Crippen molar-refractivity contribution >= 4 is 11.9 Å². The molecule has 0 unspecified atom stereocenters. The van der Waals surface area contributed by atoms with E-state index in [0.717, 1.165) is 12.0 Å². The van der Waals surface area contributed by atoms with Crippen LogP contribution in [-0.2, 0) is 9.59 Å². The number of carbonyl (C=O) groups is 2. The van der Waals surface area contributed by atoms with Gasteiger partial charge in [0.2, 0.25) is 5.91 Å². The largest absolute Gasteiger partial charge is 0.480 e. The summed E-state index contributed by atoms with van der Waals surface area (Å²) in [7, 11) is 0. The predicted octanol–water partition coefficient (Wildman–Crippen LogP) is 1.32. The Morgan fingerprint density at radius 1 is 1.43 bits per heavy atom. The van der Waals surface area contributed by atoms with Crippen molar-refractivity contribution in [3.05, 3.63) is 11.6 Å². The second-order valence-electron chi connectivity index (χ2n) is 3.41. The molecule has 0 radical (unpaired) electrons. The molecule has 0 aromatic rings. The van der Waals surface area contributed by atoms with Crippen molar-refractivity contribution in [2.75, 3.05) is 0 Å². The first-order valence-electron chi connectivity index (χ1n) is 4.65. The van der Waals surface area contributed by atoms with Crippen LogP contribution in [0.4, 0.5) is 0 Å². The third-order valence-electron chi connectivity index (χ3n) is 1.61. The average molecular weight is 199 g/mol. The zero-order chi connectivity index (χ0) is 11.1. The molecule has 0 bridgehead atoms. The van der Waals surface area contributed by atoms with Gasteiger partial charge in [-0.25, -0.2) is 4.79 Å². The van der Waals surface area contributed by atoms with Gasteiger partial charge in [0.05, 0.1) is 0 Å². The van der Waals surface area contributed by atoms with E-state index in [1.807, 2.05) is 6.92 Å². The van der Waals surface area contributed by atoms with Crippen LogP contribution in [0.5, 0.6) is 0 Å². The van der Waals surface area contributed by atoms with Gasteiger partial charge < -0.3 is 10.4 Å². The molecule has 80 valence electrons. The maximum atomic E-state index is 11.2. The van der Waals surface area contributed by atoms with Gasteiger partial charge in [-0.05, 0) is 20.3 Å². The summed E-state index contributed by atoms with van der Waals surface area (Å²) in [5.41, 5.74) is 0.850. The van der Waals surface area contributed by atoms with Crippen molar-refractivity contribution in [2.24, 2.45) is 0 Å². The summed E-state index contributed by atoms with van der Waals surface area (Å²) < 4.78 is 0. The van der Waals surface area contributed by atoms with E-state index >= 15 is 0 Å². The molecule has 0 fully saturated rings. The number of allylic oxidation sites excluding steroid dienone is 1. The van der Waals surface area contributed by atoms with E-state index in [9.17, 15) is 9.59 Å². The minimum atomic E-state index is -0.984. The molecule has 0 saturated carbocycles. The zero-order valence-corrected chi connectivity index (χ0v) is 8.83. The molecule has 0 aliphatic carbocycles. The van der Waals surface area contributed by atoms with Crippen molar-refractivity contribution in [3.8, 4) is 0 Å². The average Bonchev–Trinajstić information content (AvgIpc) is 2.01. The maximum Gasteiger partial charge on any atom is 0.326 e. The molecule has 0 heterocycles. The topological polar surface area (TPSA) is 66.4 Å². The highest BCUT2D eigenvalue weighted by Gasteiger charge is 2.17. The summed E-state index contributed by atoms with van der Waals surface area (Å²) in [6, 6.07) is -0.775. The Morgan fingerprint density at radius 3 is 2.36 bits per heavy atom. The number of carboxylic acid groups (broad SMARTS) is 1. The highest BCUT2D eigenvalue weighted by molar-refractivity contribution is 5.91. The summed E-state index contributed by atoms with van der Waals surface area (Å²) in [4.78, 5) is 21.9. The van der Waals surface area contributed by atoms with Crippen LogP contribution >= 0.6 is 0 Å². The standard InChI is InChI=1S/C10H17NO3/c1-4-5-8(10(13)14)11-9(12)6-7(2)3/h6,8H,4-5H2,1-3H3,(H,11,12)(H,13,14)/t8-/m1/s1. The van der Waals surface area contributed by atoms with Crippen molar-refractivity contribution in [3.63, 3.8) is 0 Å². The Kier molecular flexibility index (Phi) is 5.60. The number of hydrogen-bond donors (Lipinski definition) is 2. The van der Waals surface area contributed by atoms with Gasteiger partial charge in [-0.15, -0.1) is 0 Å². The third-order valence-corrected chi connectivity index (χ3v) is 1.61. The van der Waals surface area contributed by atoms with E-state index in [0.29, 0.717) is 6.42 Å². The van der Waals surface area contributed by atoms with Crippen molar-refractivity contribution < 1.29 is 14.7 Å². The molecular weight excluding hydrogens is 182 g/mol. The van der Waals surface area contributed by atoms with Crippen LogP contribution in [0.1, 0.15) is 33.6 Å². The molecule has 4 nitrogen and oxygen atoms in total. The van der Waals surface area contributed by atoms with E-state index in [1.54, 1.807) is 13.8 Å². The van der Waals surface area contributed by atoms with Crippen LogP contribution in [0, 0.1) is 0 Å². The van der Waals surface area contributed by atoms with E-state index in [1.165, 1.54) is 6.08 Å². The summed E-state index contributed by atoms with van der Waals surface area (Å²) in [5.74, 6) is -1.33. The van der Waals surface area contributed by atoms with Gasteiger partial charge >= 0.3 is 5.97 Å². The molecule has 0 aromatic carbocycles. The van der Waals surface area contributed by atoms with Crippen LogP contribution in [0.25, 0.3) is 0 Å². The molecule has 0 aromatic heterocycles. The number of aliphatic carboxylic acids is 1. The van der Waals surface area contributed by atoms with Gasteiger partial charge in [-0.2, -0.15) is 0 Å². The summed E-state index contributed by atoms with van der Waals surface area (Å²) >= 11 is 0. The quantitative estimate of drug-likeness (QED) is 0.656. The van der Waals surface area contributed by atoms with Crippen LogP contribution < -0.4 is 5.32 Å². The van der Waals surface area contributed by atoms with E-state index in [2.05, 4.69) is 5.32 Å². The maximum absolute atomic E-state index is 11.2. The lowest BCUT2D eigenvalue weighted by molar-refractivity contribution is -0.141. The lowest BCUT2D eigenvalue weighted by atomic mass is 10.1. The number of amides is 1. The third kappa shape index (κ3) is 5.35. The number of nitrogens with one attached hydrogen (secondary N) is 1. The van der Waals surface area contributed by atoms with E-state index in [4.69, 9.17) is 5.11 Å². The monoisotopic (exact) mass is 199 g/mol. The number of carboxylic acids is 1. The highest BCUT2D eigenvalue weighted by atomic mass is 16.4. The molecule has 0 spiro atoms. The molecular formula is C10H17NO3. The first-order chi connectivity index (χ1) is 6.47. The number of rotatable bonds is 5. The number of carbonyl (C=O) groups excluding carboxylic acids is 1. The molecule has 0 aliphatic rings. The molecule has 0 saturated heterocycles. The van der Waals surface area contributed by atoms with Crippen molar-refractivity contribution in [2.45, 2.75) is 39.7 Å². The van der Waals surface area contributed by atoms with Crippen LogP contribution in [0.3, 0.4) is 0 Å². The minimum absolute atomic E-state index is 0.342. The highest BCUT2D eigenvalue weighted by Crippen LogP contribution is 1.97. The van der Waals surface area contributed by atoms with E-state index < -0.39 is 12.0 Å². The molecule has 0 rings (SSSR count). The SMILES string of the molecule is CCC[C@@H](NC(=O)C=C(C)C)C(=O)O. The van der Waals surface area contributed by atoms with Gasteiger partial charge in [-0.3, -0.25) is 4.79 Å². The Labute approximate surface area is 84.0 Å². The van der Waals surface area contributed by atoms with E-state index in [-0.39, 0.29) is 5.91 Å². The molecule has 4 heteroatoms. The minimum Gasteiger partial charge on any atom is -0.480 e. The lowest BCUT2D eigenvalue weighted by Gasteiger charge is -2.11. The summed E-state index contributed by atoms with van der Waals surface area (Å²) in [5, 5.41) is 11.2. The molecule has 1 amide bonds. The van der Waals surface area contributed by atoms with Crippen LogP contribution in [0.2, 0.25) is 0 Å². The van der Waals surface area contributed by atoms with Gasteiger partial charge in [0.15, 0.2) is 0 Å². The van der Waals surface area contributed by atoms with Crippen LogP contribution in [0.15, 0.2) is 11.6 Å². The van der Waals surface area contributed by atoms with Crippen LogP contribution in [-0.4, -0.2) is 23.0 Å². The van der Waals surface area contributed by atoms with Gasteiger partial charge in [0.1, 0.15) is 6.04 Å².